The summed E-state index contributed by atoms with van der Waals surface area (Å²) in [5, 5.41) is 0. The number of aliphatic imine (C=N–C) groups is 1. The van der Waals surface area contributed by atoms with E-state index in [0.717, 1.165) is 0 Å². The van der Waals surface area contributed by atoms with E-state index in [4.69, 9.17) is 0 Å². The smallest absolute Gasteiger partial charge is 0.0571 e. The summed E-state index contributed by atoms with van der Waals surface area (Å²) in [6.07, 6.45) is 0. The first kappa shape index (κ1) is 4.19. The van der Waals surface area contributed by atoms with Gasteiger partial charge in [0.15, 0.2) is 0 Å². The van der Waals surface area contributed by atoms with Gasteiger partial charge in [-0.1, -0.05) is 0 Å². The Bertz CT molecular complexity index is 69.9. The Kier molecular flexibility index (Phi) is 1.15. The van der Waals surface area contributed by atoms with E-state index in [1.54, 1.807) is 11.8 Å². The van der Waals surface area contributed by atoms with Crippen LogP contribution in [-0.4, -0.2) is 17.3 Å². The molecule has 0 N–H and O–H groups in total. The van der Waals surface area contributed by atoms with Gasteiger partial charge in [0.2, 0.25) is 0 Å². The monoisotopic (exact) mass is 101 g/mol. The van der Waals surface area contributed by atoms with Crippen LogP contribution in [0, 0.1) is 0 Å². The molecule has 1 rings (SSSR count). The van der Waals surface area contributed by atoms with Crippen LogP contribution in [0.1, 0.15) is 6.92 Å². The molecule has 1 unspecified atom stereocenters. The van der Waals surface area contributed by atoms with Crippen LogP contribution >= 0.6 is 11.8 Å². The maximum absolute atomic E-state index is 4.07. The van der Waals surface area contributed by atoms with Gasteiger partial charge in [-0.15, -0.1) is 11.8 Å². The first-order valence-corrected chi connectivity index (χ1v) is 3.08. The van der Waals surface area contributed by atoms with Crippen LogP contribution < -0.4 is 0 Å². The van der Waals surface area contributed by atoms with Gasteiger partial charge in [-0.3, -0.25) is 4.99 Å². The highest BCUT2D eigenvalue weighted by Crippen LogP contribution is 2.08. The molecule has 0 saturated carbocycles. The van der Waals surface area contributed by atoms with Crippen molar-refractivity contribution in [3.8, 4) is 0 Å². The SMILES string of the molecule is CC1CSC=N1. The number of nitrogens with zero attached hydrogens (tertiary/aromatic N) is 1. The molecular formula is C4H7NS. The van der Waals surface area contributed by atoms with E-state index in [9.17, 15) is 0 Å². The Morgan fingerprint density at radius 3 is 3.00 bits per heavy atom. The Hall–Kier alpha value is 0.0200. The molecule has 0 fully saturated rings. The average Bonchev–Trinajstić information content (AvgIpc) is 1.86. The maximum atomic E-state index is 4.07. The third-order valence-corrected chi connectivity index (χ3v) is 1.67. The van der Waals surface area contributed by atoms with Crippen LogP contribution in [0.4, 0.5) is 0 Å². The second-order valence-corrected chi connectivity index (χ2v) is 2.31. The Balaban J connectivity index is 2.38. The second-order valence-electron chi connectivity index (χ2n) is 1.44. The molecule has 0 aliphatic carbocycles. The molecule has 1 aliphatic heterocycles. The zero-order chi connectivity index (χ0) is 4.41. The molecule has 0 bridgehead atoms. The Labute approximate surface area is 41.8 Å². The lowest BCUT2D eigenvalue weighted by molar-refractivity contribution is 0.868. The lowest BCUT2D eigenvalue weighted by Crippen LogP contribution is -1.92. The summed E-state index contributed by atoms with van der Waals surface area (Å²) in [5.41, 5.74) is 1.92. The molecule has 0 aromatic heterocycles. The predicted octanol–water partition coefficient (Wildman–Crippen LogP) is 1.15. The number of hydrogen-bond donors (Lipinski definition) is 0. The summed E-state index contributed by atoms with van der Waals surface area (Å²) in [6.45, 7) is 2.12. The van der Waals surface area contributed by atoms with Crippen LogP contribution in [0.25, 0.3) is 0 Å². The number of thioether (sulfide) groups is 1. The zero-order valence-corrected chi connectivity index (χ0v) is 4.53. The third-order valence-electron chi connectivity index (χ3n) is 0.727. The summed E-state index contributed by atoms with van der Waals surface area (Å²) in [4.78, 5) is 4.07. The van der Waals surface area contributed by atoms with E-state index in [1.807, 2.05) is 5.55 Å². The Morgan fingerprint density at radius 1 is 2.00 bits per heavy atom. The van der Waals surface area contributed by atoms with Crippen LogP contribution in [0.3, 0.4) is 0 Å². The molecule has 6 heavy (non-hydrogen) atoms. The highest BCUT2D eigenvalue weighted by Gasteiger charge is 2.00. The fourth-order valence-corrected chi connectivity index (χ4v) is 1.12. The summed E-state index contributed by atoms with van der Waals surface area (Å²) in [7, 11) is 0. The van der Waals surface area contributed by atoms with Crippen molar-refractivity contribution in [1.29, 1.82) is 0 Å². The molecule has 34 valence electrons. The van der Waals surface area contributed by atoms with Crippen LogP contribution in [0.15, 0.2) is 4.99 Å². The molecule has 0 aromatic carbocycles. The highest BCUT2D eigenvalue weighted by atomic mass is 32.2. The van der Waals surface area contributed by atoms with Crippen molar-refractivity contribution in [2.75, 3.05) is 5.75 Å². The minimum absolute atomic E-state index is 0.579. The van der Waals surface area contributed by atoms with E-state index in [1.165, 1.54) is 5.75 Å². The minimum Gasteiger partial charge on any atom is -0.282 e. The van der Waals surface area contributed by atoms with E-state index >= 15 is 0 Å². The van der Waals surface area contributed by atoms with Crippen molar-refractivity contribution in [3.63, 3.8) is 0 Å². The maximum Gasteiger partial charge on any atom is 0.0571 e. The predicted molar refractivity (Wildman–Crippen MR) is 30.4 cm³/mol. The summed E-state index contributed by atoms with van der Waals surface area (Å²) in [6, 6.07) is 0.579. The topological polar surface area (TPSA) is 12.4 Å². The van der Waals surface area contributed by atoms with Crippen LogP contribution in [0.5, 0.6) is 0 Å². The van der Waals surface area contributed by atoms with Gasteiger partial charge in [0, 0.05) is 5.75 Å². The van der Waals surface area contributed by atoms with Crippen molar-refractivity contribution in [1.82, 2.24) is 0 Å². The molecule has 0 spiro atoms. The van der Waals surface area contributed by atoms with E-state index in [-0.39, 0.29) is 0 Å². The summed E-state index contributed by atoms with van der Waals surface area (Å²) < 4.78 is 0. The normalized spacial score (nSPS) is 31.8. The molecule has 0 amide bonds. The molecular weight excluding hydrogens is 94.1 g/mol. The molecule has 0 aromatic rings. The highest BCUT2D eigenvalue weighted by molar-refractivity contribution is 8.12. The van der Waals surface area contributed by atoms with Crippen molar-refractivity contribution in [2.45, 2.75) is 13.0 Å². The fourth-order valence-electron chi connectivity index (χ4n) is 0.372. The number of hydrogen-bond acceptors (Lipinski definition) is 2. The molecule has 1 aliphatic rings. The molecule has 1 atom stereocenters. The van der Waals surface area contributed by atoms with Gasteiger partial charge in [-0.25, -0.2) is 0 Å². The lowest BCUT2D eigenvalue weighted by atomic mass is 10.4. The third kappa shape index (κ3) is 0.744. The van der Waals surface area contributed by atoms with E-state index in [2.05, 4.69) is 11.9 Å². The van der Waals surface area contributed by atoms with Crippen LogP contribution in [-0.2, 0) is 0 Å². The summed E-state index contributed by atoms with van der Waals surface area (Å²) in [5.74, 6) is 1.18. The summed E-state index contributed by atoms with van der Waals surface area (Å²) >= 11 is 1.79. The van der Waals surface area contributed by atoms with Crippen molar-refractivity contribution >= 4 is 17.3 Å². The van der Waals surface area contributed by atoms with Gasteiger partial charge in [0.05, 0.1) is 11.6 Å². The largest absolute Gasteiger partial charge is 0.282 e. The van der Waals surface area contributed by atoms with Crippen molar-refractivity contribution in [2.24, 2.45) is 4.99 Å². The average molecular weight is 101 g/mol. The zero-order valence-electron chi connectivity index (χ0n) is 3.72. The fraction of sp³-hybridized carbons (Fsp3) is 0.750. The molecule has 1 nitrogen and oxygen atoms in total. The lowest BCUT2D eigenvalue weighted by Gasteiger charge is -1.87. The van der Waals surface area contributed by atoms with Gasteiger partial charge in [0.25, 0.3) is 0 Å². The van der Waals surface area contributed by atoms with Gasteiger partial charge < -0.3 is 0 Å². The van der Waals surface area contributed by atoms with Gasteiger partial charge >= 0.3 is 0 Å². The minimum atomic E-state index is 0.579. The van der Waals surface area contributed by atoms with Crippen molar-refractivity contribution < 1.29 is 0 Å². The number of rotatable bonds is 0. The van der Waals surface area contributed by atoms with Crippen LogP contribution in [0.2, 0.25) is 0 Å². The second kappa shape index (κ2) is 1.65. The molecule has 0 saturated heterocycles. The van der Waals surface area contributed by atoms with E-state index < -0.39 is 0 Å². The quantitative estimate of drug-likeness (QED) is 0.446. The first-order valence-electron chi connectivity index (χ1n) is 2.03. The van der Waals surface area contributed by atoms with Gasteiger partial charge in [-0.2, -0.15) is 0 Å². The van der Waals surface area contributed by atoms with Gasteiger partial charge in [-0.05, 0) is 6.92 Å². The standard InChI is InChI=1S/C4H7NS/c1-4-2-6-3-5-4/h3-4H,2H2,1H3. The molecule has 0 radical (unpaired) electrons. The van der Waals surface area contributed by atoms with Crippen molar-refractivity contribution in [3.05, 3.63) is 0 Å². The van der Waals surface area contributed by atoms with E-state index in [0.29, 0.717) is 6.04 Å². The molecule has 1 heterocycles. The molecule has 2 heteroatoms. The Morgan fingerprint density at radius 2 is 2.83 bits per heavy atom. The van der Waals surface area contributed by atoms with Gasteiger partial charge in [0.1, 0.15) is 0 Å². The first-order chi connectivity index (χ1) is 2.89.